The molecule has 1 aliphatic rings. The second-order valence-corrected chi connectivity index (χ2v) is 7.00. The van der Waals surface area contributed by atoms with Gasteiger partial charge >= 0.3 is 0 Å². The van der Waals surface area contributed by atoms with Gasteiger partial charge in [-0.25, -0.2) is 0 Å². The Morgan fingerprint density at radius 2 is 1.89 bits per heavy atom. The molecule has 0 amide bonds. The van der Waals surface area contributed by atoms with Crippen LogP contribution in [0.3, 0.4) is 0 Å². The Kier molecular flexibility index (Phi) is 6.25. The maximum atomic E-state index is 3.72. The molecule has 1 saturated carbocycles. The van der Waals surface area contributed by atoms with Crippen LogP contribution in [0.5, 0.6) is 0 Å². The molecule has 1 aromatic rings. The first-order chi connectivity index (χ1) is 9.25. The molecule has 1 fully saturated rings. The average molecular weight is 277 g/mol. The number of hydrogen-bond acceptors (Lipinski definition) is 2. The van der Waals surface area contributed by atoms with Crippen molar-refractivity contribution < 1.29 is 0 Å². The highest BCUT2D eigenvalue weighted by Gasteiger charge is 2.16. The minimum Gasteiger partial charge on any atom is -0.313 e. The summed E-state index contributed by atoms with van der Waals surface area (Å²) < 4.78 is 0. The van der Waals surface area contributed by atoms with Crippen molar-refractivity contribution >= 4 is 11.8 Å². The topological polar surface area (TPSA) is 12.0 Å². The number of thioether (sulfide) groups is 1. The third-order valence-corrected chi connectivity index (χ3v) is 5.22. The van der Waals surface area contributed by atoms with Crippen LogP contribution < -0.4 is 5.32 Å². The summed E-state index contributed by atoms with van der Waals surface area (Å²) in [7, 11) is 0. The van der Waals surface area contributed by atoms with Crippen molar-refractivity contribution in [2.75, 3.05) is 12.3 Å². The predicted octanol–water partition coefficient (Wildman–Crippen LogP) is 4.40. The summed E-state index contributed by atoms with van der Waals surface area (Å²) in [4.78, 5) is 0. The lowest BCUT2D eigenvalue weighted by molar-refractivity contribution is 0.312. The lowest BCUT2D eigenvalue weighted by Crippen LogP contribution is -2.34. The number of aryl methyl sites for hydroxylation is 1. The molecule has 0 heterocycles. The summed E-state index contributed by atoms with van der Waals surface area (Å²) in [5, 5.41) is 3.72. The van der Waals surface area contributed by atoms with Crippen LogP contribution in [-0.2, 0) is 5.75 Å². The fraction of sp³-hybridized carbons (Fsp3) is 0.647. The van der Waals surface area contributed by atoms with E-state index in [-0.39, 0.29) is 0 Å². The van der Waals surface area contributed by atoms with Crippen LogP contribution in [0.25, 0.3) is 0 Å². The first-order valence-electron chi connectivity index (χ1n) is 7.61. The SMILES string of the molecule is Cc1ccccc1CSCCNC1CCC(C)CC1. The molecule has 2 heteroatoms. The highest BCUT2D eigenvalue weighted by Crippen LogP contribution is 2.23. The molecule has 19 heavy (non-hydrogen) atoms. The monoisotopic (exact) mass is 277 g/mol. The highest BCUT2D eigenvalue weighted by molar-refractivity contribution is 7.98. The van der Waals surface area contributed by atoms with Crippen molar-refractivity contribution in [1.29, 1.82) is 0 Å². The highest BCUT2D eigenvalue weighted by atomic mass is 32.2. The van der Waals surface area contributed by atoms with Gasteiger partial charge in [0.1, 0.15) is 0 Å². The number of nitrogens with one attached hydrogen (secondary N) is 1. The van der Waals surface area contributed by atoms with Crippen molar-refractivity contribution in [2.45, 2.75) is 51.3 Å². The molecular formula is C17H27NS. The molecule has 0 spiro atoms. The maximum Gasteiger partial charge on any atom is 0.0187 e. The van der Waals surface area contributed by atoms with Crippen molar-refractivity contribution in [1.82, 2.24) is 5.32 Å². The van der Waals surface area contributed by atoms with E-state index in [1.807, 2.05) is 11.8 Å². The van der Waals surface area contributed by atoms with E-state index in [1.165, 1.54) is 42.6 Å². The summed E-state index contributed by atoms with van der Waals surface area (Å²) in [5.74, 6) is 3.32. The summed E-state index contributed by atoms with van der Waals surface area (Å²) in [6, 6.07) is 9.50. The van der Waals surface area contributed by atoms with Crippen LogP contribution in [0.2, 0.25) is 0 Å². The molecule has 2 rings (SSSR count). The molecule has 0 aromatic heterocycles. The van der Waals surface area contributed by atoms with Crippen molar-refractivity contribution in [3.63, 3.8) is 0 Å². The molecule has 0 unspecified atom stereocenters. The van der Waals surface area contributed by atoms with Gasteiger partial charge in [0.25, 0.3) is 0 Å². The van der Waals surface area contributed by atoms with Gasteiger partial charge in [0.2, 0.25) is 0 Å². The smallest absolute Gasteiger partial charge is 0.0187 e. The first kappa shape index (κ1) is 14.9. The quantitative estimate of drug-likeness (QED) is 0.774. The van der Waals surface area contributed by atoms with E-state index in [1.54, 1.807) is 0 Å². The Labute approximate surface area is 122 Å². The average Bonchev–Trinajstić information content (AvgIpc) is 2.42. The number of hydrogen-bond donors (Lipinski definition) is 1. The largest absolute Gasteiger partial charge is 0.313 e. The summed E-state index contributed by atoms with van der Waals surface area (Å²) >= 11 is 2.05. The van der Waals surface area contributed by atoms with Crippen LogP contribution in [-0.4, -0.2) is 18.3 Å². The zero-order chi connectivity index (χ0) is 13.5. The van der Waals surface area contributed by atoms with E-state index in [9.17, 15) is 0 Å². The fourth-order valence-electron chi connectivity index (χ4n) is 2.75. The lowest BCUT2D eigenvalue weighted by atomic mass is 9.87. The van der Waals surface area contributed by atoms with Gasteiger partial charge in [-0.15, -0.1) is 0 Å². The van der Waals surface area contributed by atoms with Crippen LogP contribution >= 0.6 is 11.8 Å². The summed E-state index contributed by atoms with van der Waals surface area (Å²) in [6.45, 7) is 5.75. The second kappa shape index (κ2) is 7.96. The third kappa shape index (κ3) is 5.19. The molecule has 1 nitrogen and oxygen atoms in total. The van der Waals surface area contributed by atoms with Crippen LogP contribution in [0, 0.1) is 12.8 Å². The molecule has 0 aliphatic heterocycles. The van der Waals surface area contributed by atoms with E-state index in [4.69, 9.17) is 0 Å². The predicted molar refractivity (Wildman–Crippen MR) is 86.8 cm³/mol. The van der Waals surface area contributed by atoms with E-state index in [0.29, 0.717) is 0 Å². The molecule has 0 radical (unpaired) electrons. The summed E-state index contributed by atoms with van der Waals surface area (Å²) in [6.07, 6.45) is 5.58. The van der Waals surface area contributed by atoms with Gasteiger partial charge in [-0.3, -0.25) is 0 Å². The van der Waals surface area contributed by atoms with Gasteiger partial charge in [0.05, 0.1) is 0 Å². The first-order valence-corrected chi connectivity index (χ1v) is 8.77. The zero-order valence-corrected chi connectivity index (χ0v) is 13.1. The standard InChI is InChI=1S/C17H27NS/c1-14-7-9-17(10-8-14)18-11-12-19-13-16-6-4-3-5-15(16)2/h3-6,14,17-18H,7-13H2,1-2H3. The van der Waals surface area contributed by atoms with Gasteiger partial charge in [-0.05, 0) is 49.7 Å². The maximum absolute atomic E-state index is 3.72. The Bertz CT molecular complexity index is 369. The minimum absolute atomic E-state index is 0.787. The molecular weight excluding hydrogens is 250 g/mol. The Hall–Kier alpha value is -0.470. The van der Waals surface area contributed by atoms with Crippen molar-refractivity contribution in [3.05, 3.63) is 35.4 Å². The molecule has 1 aromatic carbocycles. The van der Waals surface area contributed by atoms with Gasteiger partial charge in [0, 0.05) is 24.1 Å². The second-order valence-electron chi connectivity index (χ2n) is 5.89. The normalized spacial score (nSPS) is 23.5. The molecule has 0 bridgehead atoms. The molecule has 0 atom stereocenters. The van der Waals surface area contributed by atoms with Gasteiger partial charge < -0.3 is 5.32 Å². The van der Waals surface area contributed by atoms with Gasteiger partial charge in [0.15, 0.2) is 0 Å². The van der Waals surface area contributed by atoms with E-state index >= 15 is 0 Å². The Morgan fingerprint density at radius 3 is 2.63 bits per heavy atom. The van der Waals surface area contributed by atoms with Crippen LogP contribution in [0.4, 0.5) is 0 Å². The van der Waals surface area contributed by atoms with E-state index in [0.717, 1.165) is 24.3 Å². The van der Waals surface area contributed by atoms with Gasteiger partial charge in [-0.1, -0.05) is 31.2 Å². The third-order valence-electron chi connectivity index (χ3n) is 4.21. The zero-order valence-electron chi connectivity index (χ0n) is 12.3. The minimum atomic E-state index is 0.787. The van der Waals surface area contributed by atoms with E-state index in [2.05, 4.69) is 43.4 Å². The van der Waals surface area contributed by atoms with Crippen LogP contribution in [0.15, 0.2) is 24.3 Å². The van der Waals surface area contributed by atoms with Crippen LogP contribution in [0.1, 0.15) is 43.7 Å². The molecule has 0 saturated heterocycles. The Balaban J connectivity index is 1.56. The Morgan fingerprint density at radius 1 is 1.16 bits per heavy atom. The van der Waals surface area contributed by atoms with E-state index < -0.39 is 0 Å². The van der Waals surface area contributed by atoms with Crippen molar-refractivity contribution in [3.8, 4) is 0 Å². The van der Waals surface area contributed by atoms with Crippen molar-refractivity contribution in [2.24, 2.45) is 5.92 Å². The summed E-state index contributed by atoms with van der Waals surface area (Å²) in [5.41, 5.74) is 2.91. The van der Waals surface area contributed by atoms with Gasteiger partial charge in [-0.2, -0.15) is 11.8 Å². The molecule has 106 valence electrons. The number of rotatable bonds is 6. The molecule has 1 aliphatic carbocycles. The fourth-order valence-corrected chi connectivity index (χ4v) is 3.70. The number of benzene rings is 1. The lowest BCUT2D eigenvalue weighted by Gasteiger charge is -2.27. The molecule has 1 N–H and O–H groups in total.